The quantitative estimate of drug-likeness (QED) is 0.633. The summed E-state index contributed by atoms with van der Waals surface area (Å²) in [4.78, 5) is -0.0864. The van der Waals surface area contributed by atoms with Crippen molar-refractivity contribution in [3.63, 3.8) is 0 Å². The Kier molecular flexibility index (Phi) is 5.93. The zero-order chi connectivity index (χ0) is 17.4. The molecule has 0 aliphatic carbocycles. The van der Waals surface area contributed by atoms with Gasteiger partial charge in [-0.2, -0.15) is 4.31 Å². The van der Waals surface area contributed by atoms with Gasteiger partial charge >= 0.3 is 0 Å². The molecule has 0 spiro atoms. The first-order valence-corrected chi connectivity index (χ1v) is 11.8. The van der Waals surface area contributed by atoms with Crippen molar-refractivity contribution in [3.8, 4) is 0 Å². The third-order valence-electron chi connectivity index (χ3n) is 3.59. The molecular formula is C13H16Br2FNO4S2. The smallest absolute Gasteiger partial charge is 0.229 e. The lowest BCUT2D eigenvalue weighted by Crippen LogP contribution is -2.41. The third kappa shape index (κ3) is 4.15. The van der Waals surface area contributed by atoms with Crippen LogP contribution < -0.4 is 0 Å². The highest BCUT2D eigenvalue weighted by Gasteiger charge is 2.39. The summed E-state index contributed by atoms with van der Waals surface area (Å²) >= 11 is 6.18. The minimum atomic E-state index is -3.97. The molecule has 0 radical (unpaired) electrons. The first-order chi connectivity index (χ1) is 10.6. The van der Waals surface area contributed by atoms with Crippen LogP contribution in [-0.2, 0) is 19.9 Å². The molecule has 1 aliphatic rings. The summed E-state index contributed by atoms with van der Waals surface area (Å²) in [5.41, 5.74) is 0. The van der Waals surface area contributed by atoms with E-state index in [4.69, 9.17) is 0 Å². The van der Waals surface area contributed by atoms with Crippen molar-refractivity contribution in [2.45, 2.75) is 30.7 Å². The van der Waals surface area contributed by atoms with Crippen molar-refractivity contribution in [2.24, 2.45) is 0 Å². The van der Waals surface area contributed by atoms with E-state index < -0.39 is 31.7 Å². The molecular weight excluding hydrogens is 477 g/mol. The summed E-state index contributed by atoms with van der Waals surface area (Å²) in [5, 5.41) is 0. The van der Waals surface area contributed by atoms with Crippen LogP contribution in [-0.4, -0.2) is 45.2 Å². The van der Waals surface area contributed by atoms with Crippen molar-refractivity contribution >= 4 is 51.7 Å². The number of hydrogen-bond donors (Lipinski definition) is 0. The molecule has 1 saturated heterocycles. The molecule has 23 heavy (non-hydrogen) atoms. The predicted molar refractivity (Wildman–Crippen MR) is 93.0 cm³/mol. The molecule has 1 heterocycles. The Morgan fingerprint density at radius 1 is 1.30 bits per heavy atom. The zero-order valence-electron chi connectivity index (χ0n) is 12.3. The van der Waals surface area contributed by atoms with Crippen LogP contribution in [0.1, 0.15) is 19.8 Å². The zero-order valence-corrected chi connectivity index (χ0v) is 17.1. The van der Waals surface area contributed by atoms with Crippen LogP contribution in [0.25, 0.3) is 0 Å². The van der Waals surface area contributed by atoms with Crippen LogP contribution in [0.4, 0.5) is 4.39 Å². The number of hydrogen-bond acceptors (Lipinski definition) is 4. The highest BCUT2D eigenvalue weighted by atomic mass is 79.9. The molecule has 0 N–H and O–H groups in total. The fourth-order valence-corrected chi connectivity index (χ4v) is 8.64. The largest absolute Gasteiger partial charge is 0.245 e. The lowest BCUT2D eigenvalue weighted by molar-refractivity contribution is 0.340. The maximum Gasteiger partial charge on any atom is 0.245 e. The molecule has 1 aromatic rings. The Bertz CT molecular complexity index is 788. The molecule has 0 amide bonds. The molecule has 130 valence electrons. The maximum atomic E-state index is 13.4. The van der Waals surface area contributed by atoms with E-state index in [9.17, 15) is 21.2 Å². The van der Waals surface area contributed by atoms with Gasteiger partial charge in [0.05, 0.1) is 11.5 Å². The predicted octanol–water partition coefficient (Wildman–Crippen LogP) is 2.94. The van der Waals surface area contributed by atoms with Crippen molar-refractivity contribution in [1.29, 1.82) is 0 Å². The van der Waals surface area contributed by atoms with Crippen molar-refractivity contribution in [2.75, 3.05) is 18.1 Å². The van der Waals surface area contributed by atoms with Crippen LogP contribution >= 0.6 is 31.9 Å². The van der Waals surface area contributed by atoms with Gasteiger partial charge in [-0.3, -0.25) is 0 Å². The summed E-state index contributed by atoms with van der Waals surface area (Å²) in [7, 11) is -7.18. The summed E-state index contributed by atoms with van der Waals surface area (Å²) in [6, 6.07) is 1.56. The van der Waals surface area contributed by atoms with E-state index in [0.29, 0.717) is 6.42 Å². The second kappa shape index (κ2) is 7.07. The molecule has 1 aliphatic heterocycles. The SMILES string of the molecule is CCCN(C1CCS(=O)(=O)C1)S(=O)(=O)c1c(Br)cc(F)cc1Br. The van der Waals surface area contributed by atoms with Gasteiger partial charge in [-0.15, -0.1) is 0 Å². The molecule has 1 fully saturated rings. The Balaban J connectivity index is 2.50. The van der Waals surface area contributed by atoms with E-state index >= 15 is 0 Å². The van der Waals surface area contributed by atoms with Gasteiger partial charge in [0.2, 0.25) is 10.0 Å². The number of sulfonamides is 1. The standard InChI is InChI=1S/C13H16Br2FNO4S2/c1-2-4-17(10-3-5-22(18,19)8-10)23(20,21)13-11(14)6-9(16)7-12(13)15/h6-7,10H,2-5,8H2,1H3. The van der Waals surface area contributed by atoms with E-state index in [1.54, 1.807) is 0 Å². The topological polar surface area (TPSA) is 71.5 Å². The average molecular weight is 493 g/mol. The van der Waals surface area contributed by atoms with Gasteiger partial charge in [0.25, 0.3) is 0 Å². The van der Waals surface area contributed by atoms with E-state index in [-0.39, 0.29) is 38.3 Å². The van der Waals surface area contributed by atoms with Gasteiger partial charge in [-0.05, 0) is 56.8 Å². The molecule has 0 bridgehead atoms. The molecule has 5 nitrogen and oxygen atoms in total. The van der Waals surface area contributed by atoms with Crippen LogP contribution in [0.5, 0.6) is 0 Å². The number of rotatable bonds is 5. The average Bonchev–Trinajstić information content (AvgIpc) is 2.74. The van der Waals surface area contributed by atoms with E-state index in [1.165, 1.54) is 4.31 Å². The molecule has 10 heteroatoms. The van der Waals surface area contributed by atoms with E-state index in [1.807, 2.05) is 6.92 Å². The molecule has 1 aromatic carbocycles. The van der Waals surface area contributed by atoms with Gasteiger partial charge < -0.3 is 0 Å². The fourth-order valence-electron chi connectivity index (χ4n) is 2.61. The first kappa shape index (κ1) is 19.3. The molecule has 1 unspecified atom stereocenters. The van der Waals surface area contributed by atoms with E-state index in [0.717, 1.165) is 12.1 Å². The first-order valence-electron chi connectivity index (χ1n) is 6.95. The normalized spacial score (nSPS) is 21.0. The lowest BCUT2D eigenvalue weighted by atomic mass is 10.2. The second-order valence-corrected chi connectivity index (χ2v) is 11.1. The Hall–Kier alpha value is -0.0300. The van der Waals surface area contributed by atoms with Crippen LogP contribution in [0.15, 0.2) is 26.0 Å². The fraction of sp³-hybridized carbons (Fsp3) is 0.538. The Morgan fingerprint density at radius 3 is 2.30 bits per heavy atom. The minimum absolute atomic E-state index is 0.0147. The Labute approximate surface area is 152 Å². The van der Waals surface area contributed by atoms with Crippen LogP contribution in [0.3, 0.4) is 0 Å². The van der Waals surface area contributed by atoms with Gasteiger partial charge in [-0.25, -0.2) is 21.2 Å². The van der Waals surface area contributed by atoms with Crippen molar-refractivity contribution < 1.29 is 21.2 Å². The number of sulfone groups is 1. The van der Waals surface area contributed by atoms with Crippen molar-refractivity contribution in [3.05, 3.63) is 26.9 Å². The summed E-state index contributed by atoms with van der Waals surface area (Å²) in [6.45, 7) is 2.03. The van der Waals surface area contributed by atoms with Gasteiger partial charge in [0.15, 0.2) is 9.84 Å². The highest BCUT2D eigenvalue weighted by Crippen LogP contribution is 2.35. The summed E-state index contributed by atoms with van der Waals surface area (Å²) in [5.74, 6) is -0.768. The number of benzene rings is 1. The van der Waals surface area contributed by atoms with E-state index in [2.05, 4.69) is 31.9 Å². The minimum Gasteiger partial charge on any atom is -0.229 e. The molecule has 0 saturated carbocycles. The Morgan fingerprint density at radius 2 is 1.87 bits per heavy atom. The molecule has 2 rings (SSSR count). The monoisotopic (exact) mass is 491 g/mol. The summed E-state index contributed by atoms with van der Waals surface area (Å²) in [6.07, 6.45) is 0.824. The maximum absolute atomic E-state index is 13.4. The van der Waals surface area contributed by atoms with Gasteiger partial charge in [0.1, 0.15) is 10.7 Å². The van der Waals surface area contributed by atoms with Crippen LogP contribution in [0.2, 0.25) is 0 Å². The number of nitrogens with zero attached hydrogens (tertiary/aromatic N) is 1. The summed E-state index contributed by atoms with van der Waals surface area (Å²) < 4.78 is 64.3. The van der Waals surface area contributed by atoms with Gasteiger partial charge in [0, 0.05) is 21.5 Å². The number of halogens is 3. The molecule has 0 aromatic heterocycles. The molecule has 1 atom stereocenters. The highest BCUT2D eigenvalue weighted by molar-refractivity contribution is 9.11. The van der Waals surface area contributed by atoms with Crippen LogP contribution in [0, 0.1) is 5.82 Å². The third-order valence-corrected chi connectivity index (χ3v) is 9.17. The van der Waals surface area contributed by atoms with Crippen molar-refractivity contribution in [1.82, 2.24) is 4.31 Å². The second-order valence-electron chi connectivity index (χ2n) is 5.37. The van der Waals surface area contributed by atoms with Gasteiger partial charge in [-0.1, -0.05) is 6.92 Å². The lowest BCUT2D eigenvalue weighted by Gasteiger charge is -2.27.